The molecule has 2 unspecified atom stereocenters. The van der Waals surface area contributed by atoms with Gasteiger partial charge in [0.1, 0.15) is 6.61 Å². The largest absolute Gasteiger partial charge is 0.449 e. The van der Waals surface area contributed by atoms with E-state index in [9.17, 15) is 13.2 Å². The van der Waals surface area contributed by atoms with Gasteiger partial charge >= 0.3 is 6.09 Å². The lowest BCUT2D eigenvalue weighted by Crippen LogP contribution is -2.45. The number of rotatable bonds is 3. The number of hydrogen-bond donors (Lipinski definition) is 1. The second-order valence-electron chi connectivity index (χ2n) is 8.05. The Kier molecular flexibility index (Phi) is 4.19. The van der Waals surface area contributed by atoms with Crippen LogP contribution in [0.25, 0.3) is 11.1 Å². The summed E-state index contributed by atoms with van der Waals surface area (Å²) in [4.78, 5) is 12.4. The predicted molar refractivity (Wildman–Crippen MR) is 107 cm³/mol. The number of sulfone groups is 1. The SMILES string of the molecule is O=C(NC1CC2CCC(C1)S2(=O)=O)OCC1c2ccccc2-c2ccccc21. The molecule has 2 saturated heterocycles. The molecular weight excluding hydrogens is 374 g/mol. The molecule has 0 aromatic heterocycles. The summed E-state index contributed by atoms with van der Waals surface area (Å²) in [5.41, 5.74) is 4.75. The molecule has 2 aliphatic heterocycles. The van der Waals surface area contributed by atoms with Crippen LogP contribution in [0.1, 0.15) is 42.7 Å². The average Bonchev–Trinajstić information content (AvgIpc) is 3.03. The molecule has 1 aliphatic carbocycles. The Morgan fingerprint density at radius 3 is 2.04 bits per heavy atom. The van der Waals surface area contributed by atoms with Crippen LogP contribution in [0, 0.1) is 0 Å². The third kappa shape index (κ3) is 2.82. The van der Waals surface area contributed by atoms with Crippen LogP contribution < -0.4 is 5.32 Å². The summed E-state index contributed by atoms with van der Waals surface area (Å²) in [5.74, 6) is 0.0288. The van der Waals surface area contributed by atoms with E-state index in [4.69, 9.17) is 4.74 Å². The van der Waals surface area contributed by atoms with Gasteiger partial charge in [0.25, 0.3) is 0 Å². The maximum atomic E-state index is 12.4. The normalized spacial score (nSPS) is 27.1. The highest BCUT2D eigenvalue weighted by Gasteiger charge is 2.47. The van der Waals surface area contributed by atoms with Crippen LogP contribution in [0.3, 0.4) is 0 Å². The first kappa shape index (κ1) is 17.7. The minimum atomic E-state index is -2.98. The molecule has 2 atom stereocenters. The Morgan fingerprint density at radius 2 is 1.46 bits per heavy atom. The van der Waals surface area contributed by atoms with E-state index >= 15 is 0 Å². The van der Waals surface area contributed by atoms with E-state index in [1.54, 1.807) is 0 Å². The van der Waals surface area contributed by atoms with Crippen molar-refractivity contribution in [3.63, 3.8) is 0 Å². The molecule has 2 bridgehead atoms. The van der Waals surface area contributed by atoms with Crippen LogP contribution in [-0.2, 0) is 14.6 Å². The number of benzene rings is 2. The van der Waals surface area contributed by atoms with Crippen LogP contribution in [0.2, 0.25) is 0 Å². The lowest BCUT2D eigenvalue weighted by molar-refractivity contribution is 0.137. The van der Waals surface area contributed by atoms with Crippen LogP contribution in [0.5, 0.6) is 0 Å². The van der Waals surface area contributed by atoms with Gasteiger partial charge in [-0.3, -0.25) is 0 Å². The first-order valence-corrected chi connectivity index (χ1v) is 11.5. The zero-order valence-corrected chi connectivity index (χ0v) is 16.3. The maximum Gasteiger partial charge on any atom is 0.407 e. The Morgan fingerprint density at radius 1 is 0.929 bits per heavy atom. The van der Waals surface area contributed by atoms with Crippen LogP contribution >= 0.6 is 0 Å². The molecule has 146 valence electrons. The highest BCUT2D eigenvalue weighted by molar-refractivity contribution is 7.93. The van der Waals surface area contributed by atoms with Gasteiger partial charge in [0.05, 0.1) is 10.5 Å². The topological polar surface area (TPSA) is 72.5 Å². The van der Waals surface area contributed by atoms with E-state index in [1.807, 2.05) is 24.3 Å². The molecule has 5 nitrogen and oxygen atoms in total. The number of amides is 1. The predicted octanol–water partition coefficient (Wildman–Crippen LogP) is 3.63. The molecule has 3 aliphatic rings. The Bertz CT molecular complexity index is 967. The van der Waals surface area contributed by atoms with Crippen molar-refractivity contribution in [2.75, 3.05) is 6.61 Å². The van der Waals surface area contributed by atoms with Crippen LogP contribution in [0.15, 0.2) is 48.5 Å². The summed E-state index contributed by atoms with van der Waals surface area (Å²) in [6.07, 6.45) is 1.99. The van der Waals surface area contributed by atoms with Crippen molar-refractivity contribution >= 4 is 15.9 Å². The fraction of sp³-hybridized carbons (Fsp3) is 0.409. The fourth-order valence-electron chi connectivity index (χ4n) is 5.13. The van der Waals surface area contributed by atoms with Gasteiger partial charge in [-0.25, -0.2) is 13.2 Å². The van der Waals surface area contributed by atoms with E-state index < -0.39 is 15.9 Å². The number of ether oxygens (including phenoxy) is 1. The van der Waals surface area contributed by atoms with Crippen LogP contribution in [-0.4, -0.2) is 37.7 Å². The molecule has 5 rings (SSSR count). The average molecular weight is 397 g/mol. The smallest absolute Gasteiger partial charge is 0.407 e. The Balaban J connectivity index is 1.25. The minimum Gasteiger partial charge on any atom is -0.449 e. The first-order valence-electron chi connectivity index (χ1n) is 9.88. The highest BCUT2D eigenvalue weighted by Crippen LogP contribution is 2.44. The van der Waals surface area contributed by atoms with Crippen molar-refractivity contribution in [1.29, 1.82) is 0 Å². The van der Waals surface area contributed by atoms with Gasteiger partial charge in [-0.2, -0.15) is 0 Å². The third-order valence-corrected chi connectivity index (χ3v) is 9.22. The number of alkyl carbamates (subject to hydrolysis) is 1. The van der Waals surface area contributed by atoms with Crippen molar-refractivity contribution < 1.29 is 17.9 Å². The molecule has 28 heavy (non-hydrogen) atoms. The minimum absolute atomic E-state index is 0.0288. The molecule has 1 N–H and O–H groups in total. The summed E-state index contributed by atoms with van der Waals surface area (Å²) in [5, 5.41) is 2.30. The second-order valence-corrected chi connectivity index (χ2v) is 10.6. The number of hydrogen-bond acceptors (Lipinski definition) is 4. The number of carbonyl (C=O) groups is 1. The fourth-order valence-corrected chi connectivity index (χ4v) is 7.61. The summed E-state index contributed by atoms with van der Waals surface area (Å²) in [6.45, 7) is 0.276. The van der Waals surface area contributed by atoms with Gasteiger partial charge in [0.2, 0.25) is 0 Å². The van der Waals surface area contributed by atoms with Crippen molar-refractivity contribution in [2.45, 2.75) is 48.1 Å². The maximum absolute atomic E-state index is 12.4. The van der Waals surface area contributed by atoms with Gasteiger partial charge in [-0.1, -0.05) is 48.5 Å². The highest BCUT2D eigenvalue weighted by atomic mass is 32.2. The van der Waals surface area contributed by atoms with Crippen molar-refractivity contribution in [3.8, 4) is 11.1 Å². The van der Waals surface area contributed by atoms with E-state index in [0.29, 0.717) is 12.8 Å². The number of carbonyl (C=O) groups excluding carboxylic acids is 1. The standard InChI is InChI=1S/C22H23NO4S/c24-22(23-14-11-15-9-10-16(12-14)28(15,25)26)27-13-21-19-7-3-1-5-17(19)18-6-2-4-8-20(18)21/h1-8,14-16,21H,9-13H2,(H,23,24). The summed E-state index contributed by atoms with van der Waals surface area (Å²) in [6, 6.07) is 16.3. The third-order valence-electron chi connectivity index (χ3n) is 6.50. The van der Waals surface area contributed by atoms with Crippen LogP contribution in [0.4, 0.5) is 4.79 Å². The lowest BCUT2D eigenvalue weighted by atomic mass is 9.98. The molecular formula is C22H23NO4S. The molecule has 0 spiro atoms. The van der Waals surface area contributed by atoms with Crippen molar-refractivity contribution in [3.05, 3.63) is 59.7 Å². The molecule has 2 aromatic carbocycles. The second kappa shape index (κ2) is 6.62. The van der Waals surface area contributed by atoms with Gasteiger partial charge in [-0.15, -0.1) is 0 Å². The molecule has 0 saturated carbocycles. The van der Waals surface area contributed by atoms with E-state index in [-0.39, 0.29) is 29.1 Å². The quantitative estimate of drug-likeness (QED) is 0.858. The van der Waals surface area contributed by atoms with Gasteiger partial charge in [0.15, 0.2) is 9.84 Å². The molecule has 2 fully saturated rings. The molecule has 1 amide bonds. The molecule has 2 aromatic rings. The van der Waals surface area contributed by atoms with Crippen molar-refractivity contribution in [2.24, 2.45) is 0 Å². The molecule has 0 radical (unpaired) electrons. The summed E-state index contributed by atoms with van der Waals surface area (Å²) < 4.78 is 30.0. The summed E-state index contributed by atoms with van der Waals surface area (Å²) in [7, 11) is -2.98. The van der Waals surface area contributed by atoms with Gasteiger partial charge in [-0.05, 0) is 47.9 Å². The monoisotopic (exact) mass is 397 g/mol. The molecule has 6 heteroatoms. The van der Waals surface area contributed by atoms with Gasteiger partial charge in [0, 0.05) is 12.0 Å². The zero-order valence-electron chi connectivity index (χ0n) is 15.5. The Labute approximate surface area is 165 Å². The van der Waals surface area contributed by atoms with E-state index in [0.717, 1.165) is 12.8 Å². The first-order chi connectivity index (χ1) is 13.5. The van der Waals surface area contributed by atoms with E-state index in [2.05, 4.69) is 29.6 Å². The molecule has 2 heterocycles. The number of fused-ring (bicyclic) bond motifs is 5. The van der Waals surface area contributed by atoms with Gasteiger partial charge < -0.3 is 10.1 Å². The Hall–Kier alpha value is -2.34. The number of nitrogens with one attached hydrogen (secondary N) is 1. The van der Waals surface area contributed by atoms with E-state index in [1.165, 1.54) is 22.3 Å². The lowest BCUT2D eigenvalue weighted by Gasteiger charge is -2.28. The summed E-state index contributed by atoms with van der Waals surface area (Å²) >= 11 is 0. The zero-order chi connectivity index (χ0) is 19.3. The van der Waals surface area contributed by atoms with Crippen molar-refractivity contribution in [1.82, 2.24) is 5.32 Å².